The van der Waals surface area contributed by atoms with E-state index < -0.39 is 5.09 Å². The number of hydrogen-bond donors (Lipinski definition) is 1. The number of esters is 1. The molecule has 286 valence electrons. The van der Waals surface area contributed by atoms with Crippen LogP contribution in [0.25, 0.3) is 10.8 Å². The largest absolute Gasteiger partial charge is 0.496 e. The topological polar surface area (TPSA) is 137 Å². The van der Waals surface area contributed by atoms with Crippen LogP contribution < -0.4 is 14.8 Å². The van der Waals surface area contributed by atoms with E-state index in [9.17, 15) is 14.9 Å². The van der Waals surface area contributed by atoms with Crippen LogP contribution >= 0.6 is 0 Å². The molecule has 3 aromatic rings. The highest BCUT2D eigenvalue weighted by atomic mass is 16.9. The SMILES string of the molecule is C=C/C(OC)=C(\C=C/C)COCCCOc1ccc(C2C(COC(=O)CCCCO[N+](=O)[O-])CNCC2OCc2cc(OC)c3ccccc3c2)cc1. The Labute approximate surface area is 311 Å². The number of nitrogens with zero attached hydrogens (tertiary/aromatic N) is 1. The monoisotopic (exact) mass is 732 g/mol. The standard InChI is InChI=1S/C41H52N2O10/c1-5-12-33(37(6-2)47-3)28-49-20-11-21-50-35-18-16-31(17-19-35)41-34(29-52-40(44)15-9-10-22-53-43(45)46)25-42-26-39(41)51-27-30-23-32-13-7-8-14-36(32)38(24-30)48-4/h5-8,12-14,16-19,23-24,34,39,41-42H,2,9-11,15,20-22,25-29H2,1,3-4H3/b12-5-,37-33-. The van der Waals surface area contributed by atoms with Gasteiger partial charge in [-0.1, -0.05) is 55.1 Å². The summed E-state index contributed by atoms with van der Waals surface area (Å²) in [6.45, 7) is 8.96. The molecule has 0 radical (unpaired) electrons. The minimum absolute atomic E-state index is 0.0501. The normalized spacial score (nSPS) is 17.6. The highest BCUT2D eigenvalue weighted by Crippen LogP contribution is 2.35. The van der Waals surface area contributed by atoms with E-state index in [4.69, 9.17) is 28.4 Å². The first-order chi connectivity index (χ1) is 25.9. The molecule has 0 aromatic heterocycles. The van der Waals surface area contributed by atoms with Crippen LogP contribution in [0.3, 0.4) is 0 Å². The van der Waals surface area contributed by atoms with E-state index in [1.54, 1.807) is 20.3 Å². The number of piperidine rings is 1. The van der Waals surface area contributed by atoms with Crippen molar-refractivity contribution in [3.8, 4) is 11.5 Å². The van der Waals surface area contributed by atoms with Crippen LogP contribution in [0.15, 0.2) is 96.8 Å². The van der Waals surface area contributed by atoms with Crippen LogP contribution in [0.5, 0.6) is 11.5 Å². The first-order valence-corrected chi connectivity index (χ1v) is 18.0. The quantitative estimate of drug-likeness (QED) is 0.0267. The Balaban J connectivity index is 1.39. The Kier molecular flexibility index (Phi) is 17.1. The van der Waals surface area contributed by atoms with Crippen molar-refractivity contribution in [1.29, 1.82) is 0 Å². The summed E-state index contributed by atoms with van der Waals surface area (Å²) in [5.74, 6) is 1.74. The summed E-state index contributed by atoms with van der Waals surface area (Å²) in [5, 5.41) is 15.1. The number of hydrogen-bond acceptors (Lipinski definition) is 11. The summed E-state index contributed by atoms with van der Waals surface area (Å²) in [6, 6.07) is 20.2. The van der Waals surface area contributed by atoms with Gasteiger partial charge in [-0.15, -0.1) is 10.1 Å². The van der Waals surface area contributed by atoms with E-state index in [1.807, 2.05) is 55.5 Å². The van der Waals surface area contributed by atoms with Crippen LogP contribution in [0, 0.1) is 16.0 Å². The molecule has 0 saturated carbocycles. The van der Waals surface area contributed by atoms with Gasteiger partial charge in [-0.05, 0) is 66.6 Å². The molecule has 3 unspecified atom stereocenters. The van der Waals surface area contributed by atoms with Gasteiger partial charge in [0, 0.05) is 48.7 Å². The lowest BCUT2D eigenvalue weighted by Crippen LogP contribution is -2.48. The molecule has 0 aliphatic carbocycles. The Hall–Kier alpha value is -4.91. The highest BCUT2D eigenvalue weighted by Gasteiger charge is 2.36. The van der Waals surface area contributed by atoms with Gasteiger partial charge < -0.3 is 38.6 Å². The lowest BCUT2D eigenvalue weighted by Gasteiger charge is -2.38. The van der Waals surface area contributed by atoms with Crippen molar-refractivity contribution in [2.45, 2.75) is 51.2 Å². The highest BCUT2D eigenvalue weighted by molar-refractivity contribution is 5.89. The van der Waals surface area contributed by atoms with Crippen molar-refractivity contribution >= 4 is 16.7 Å². The molecule has 1 saturated heterocycles. The maximum atomic E-state index is 12.6. The van der Waals surface area contributed by atoms with E-state index in [2.05, 4.69) is 41.0 Å². The maximum Gasteiger partial charge on any atom is 0.305 e. The lowest BCUT2D eigenvalue weighted by molar-refractivity contribution is -0.757. The molecule has 1 N–H and O–H groups in total. The lowest BCUT2D eigenvalue weighted by atomic mass is 9.79. The minimum Gasteiger partial charge on any atom is -0.496 e. The summed E-state index contributed by atoms with van der Waals surface area (Å²) in [5.41, 5.74) is 2.98. The van der Waals surface area contributed by atoms with E-state index in [1.165, 1.54) is 0 Å². The minimum atomic E-state index is -0.832. The summed E-state index contributed by atoms with van der Waals surface area (Å²) < 4.78 is 35.3. The third kappa shape index (κ3) is 12.9. The van der Waals surface area contributed by atoms with Gasteiger partial charge in [0.1, 0.15) is 17.3 Å². The van der Waals surface area contributed by atoms with Crippen molar-refractivity contribution in [2.75, 3.05) is 60.3 Å². The van der Waals surface area contributed by atoms with E-state index >= 15 is 0 Å². The van der Waals surface area contributed by atoms with Gasteiger partial charge >= 0.3 is 5.97 Å². The van der Waals surface area contributed by atoms with Gasteiger partial charge in [0.15, 0.2) is 0 Å². The molecule has 1 heterocycles. The molecule has 0 spiro atoms. The van der Waals surface area contributed by atoms with Gasteiger partial charge in [-0.2, -0.15) is 0 Å². The zero-order valence-corrected chi connectivity index (χ0v) is 31.0. The second-order valence-electron chi connectivity index (χ2n) is 12.6. The van der Waals surface area contributed by atoms with Crippen molar-refractivity contribution in [2.24, 2.45) is 5.92 Å². The molecule has 0 bridgehead atoms. The molecule has 3 atom stereocenters. The average Bonchev–Trinajstić information content (AvgIpc) is 3.17. The number of ether oxygens (including phenoxy) is 6. The smallest absolute Gasteiger partial charge is 0.305 e. The van der Waals surface area contributed by atoms with Crippen molar-refractivity contribution in [3.63, 3.8) is 0 Å². The molecule has 12 heteroatoms. The fourth-order valence-corrected chi connectivity index (χ4v) is 6.42. The van der Waals surface area contributed by atoms with E-state index in [0.29, 0.717) is 64.5 Å². The maximum absolute atomic E-state index is 12.6. The van der Waals surface area contributed by atoms with E-state index in [-0.39, 0.29) is 43.5 Å². The molecule has 4 rings (SSSR count). The number of allylic oxidation sites excluding steroid dienone is 2. The van der Waals surface area contributed by atoms with Crippen LogP contribution in [0.4, 0.5) is 0 Å². The number of nitrogens with one attached hydrogen (secondary N) is 1. The molecule has 1 aliphatic heterocycles. The summed E-state index contributed by atoms with van der Waals surface area (Å²) in [6.07, 6.45) is 7.04. The fourth-order valence-electron chi connectivity index (χ4n) is 6.42. The number of methoxy groups -OCH3 is 2. The van der Waals surface area contributed by atoms with Crippen LogP contribution in [0.2, 0.25) is 0 Å². The second kappa shape index (κ2) is 22.2. The molecule has 0 amide bonds. The zero-order chi connectivity index (χ0) is 37.8. The molecule has 1 fully saturated rings. The van der Waals surface area contributed by atoms with Crippen molar-refractivity contribution in [1.82, 2.24) is 5.32 Å². The Morgan fingerprint density at radius 1 is 1.02 bits per heavy atom. The number of fused-ring (bicyclic) bond motifs is 1. The Morgan fingerprint density at radius 3 is 2.57 bits per heavy atom. The van der Waals surface area contributed by atoms with Crippen molar-refractivity contribution in [3.05, 3.63) is 118 Å². The van der Waals surface area contributed by atoms with Gasteiger partial charge in [0.05, 0.1) is 60.0 Å². The Morgan fingerprint density at radius 2 is 1.83 bits per heavy atom. The molecule has 53 heavy (non-hydrogen) atoms. The number of carbonyl (C=O) groups excluding carboxylic acids is 1. The molecular weight excluding hydrogens is 680 g/mol. The van der Waals surface area contributed by atoms with Gasteiger partial charge in [0.25, 0.3) is 5.09 Å². The fraction of sp³-hybridized carbons (Fsp3) is 0.439. The van der Waals surface area contributed by atoms with Gasteiger partial charge in [0.2, 0.25) is 0 Å². The first kappa shape index (κ1) is 40.9. The van der Waals surface area contributed by atoms with Crippen LogP contribution in [-0.4, -0.2) is 77.5 Å². The predicted octanol–water partition coefficient (Wildman–Crippen LogP) is 7.11. The third-order valence-electron chi connectivity index (χ3n) is 8.97. The van der Waals surface area contributed by atoms with Crippen molar-refractivity contribution < 1.29 is 43.1 Å². The molecule has 3 aromatic carbocycles. The second-order valence-corrected chi connectivity index (χ2v) is 12.6. The third-order valence-corrected chi connectivity index (χ3v) is 8.97. The first-order valence-electron chi connectivity index (χ1n) is 18.0. The number of benzene rings is 3. The zero-order valence-electron chi connectivity index (χ0n) is 31.0. The summed E-state index contributed by atoms with van der Waals surface area (Å²) in [4.78, 5) is 27.3. The van der Waals surface area contributed by atoms with Gasteiger partial charge in [-0.3, -0.25) is 4.79 Å². The van der Waals surface area contributed by atoms with Gasteiger partial charge in [-0.25, -0.2) is 0 Å². The molecular formula is C41H52N2O10. The summed E-state index contributed by atoms with van der Waals surface area (Å²) in [7, 11) is 3.28. The molecule has 12 nitrogen and oxygen atoms in total. The summed E-state index contributed by atoms with van der Waals surface area (Å²) >= 11 is 0. The van der Waals surface area contributed by atoms with Crippen LogP contribution in [0.1, 0.15) is 49.7 Å². The van der Waals surface area contributed by atoms with Crippen LogP contribution in [-0.2, 0) is 35.2 Å². The molecule has 1 aliphatic rings. The number of rotatable bonds is 23. The predicted molar refractivity (Wildman–Crippen MR) is 202 cm³/mol. The van der Waals surface area contributed by atoms with E-state index in [0.717, 1.165) is 39.0 Å². The number of unbranched alkanes of at least 4 members (excludes halogenated alkanes) is 1. The average molecular weight is 733 g/mol. The Bertz CT molecular complexity index is 1670. The number of carbonyl (C=O) groups is 1.